The van der Waals surface area contributed by atoms with Crippen LogP contribution >= 0.6 is 0 Å². The molecule has 1 radical (unpaired) electrons. The Hall–Kier alpha value is -1.91. The van der Waals surface area contributed by atoms with Crippen molar-refractivity contribution in [3.05, 3.63) is 29.3 Å². The van der Waals surface area contributed by atoms with Gasteiger partial charge in [0, 0.05) is 0 Å². The van der Waals surface area contributed by atoms with Crippen molar-refractivity contribution >= 4 is 31.0 Å². The van der Waals surface area contributed by atoms with E-state index in [0.717, 1.165) is 0 Å². The van der Waals surface area contributed by atoms with Crippen LogP contribution < -0.4 is 5.32 Å². The summed E-state index contributed by atoms with van der Waals surface area (Å²) in [6.07, 6.45) is 0. The molecule has 15 heavy (non-hydrogen) atoms. The minimum atomic E-state index is -1.11. The van der Waals surface area contributed by atoms with Crippen molar-refractivity contribution in [3.8, 4) is 0 Å². The van der Waals surface area contributed by atoms with Crippen molar-refractivity contribution < 1.29 is 14.7 Å². The molecule has 0 fully saturated rings. The normalized spacial score (nSPS) is 9.33. The Kier molecular flexibility index (Phi) is 3.39. The first-order valence-electron chi connectivity index (χ1n) is 4.24. The first kappa shape index (κ1) is 11.2. The number of nitrogens with one attached hydrogen (secondary N) is 1. The maximum atomic E-state index is 10.9. The van der Waals surface area contributed by atoms with Crippen molar-refractivity contribution in [1.29, 1.82) is 0 Å². The van der Waals surface area contributed by atoms with Crippen molar-refractivity contribution in [2.45, 2.75) is 6.92 Å². The van der Waals surface area contributed by atoms with Gasteiger partial charge in [-0.2, -0.15) is 0 Å². The molecule has 75 valence electrons. The summed E-state index contributed by atoms with van der Waals surface area (Å²) in [7, 11) is 5.26. The van der Waals surface area contributed by atoms with Gasteiger partial charge in [-0.05, 0) is 0 Å². The van der Waals surface area contributed by atoms with E-state index in [1.54, 1.807) is 6.07 Å². The van der Waals surface area contributed by atoms with Gasteiger partial charge in [0.25, 0.3) is 0 Å². The average molecular weight is 202 g/mol. The van der Waals surface area contributed by atoms with E-state index < -0.39 is 5.97 Å². The number of hydrogen-bond acceptors (Lipinski definition) is 2. The molecule has 1 amide bonds. The summed E-state index contributed by atoms with van der Waals surface area (Å²) in [5.41, 5.74) is 0.867. The summed E-state index contributed by atoms with van der Waals surface area (Å²) in [6.45, 7) is 1.31. The van der Waals surface area contributed by atoms with Crippen molar-refractivity contribution in [2.75, 3.05) is 5.32 Å². The van der Waals surface area contributed by atoms with Crippen LogP contribution in [0.25, 0.3) is 0 Å². The number of carboxylic acids is 1. The molecule has 0 unspecified atom stereocenters. The summed E-state index contributed by atoms with van der Waals surface area (Å²) in [5, 5.41) is 11.3. The summed E-state index contributed by atoms with van der Waals surface area (Å²) in [6, 6.07) is 4.52. The molecule has 0 atom stereocenters. The number of carbonyl (C=O) groups excluding carboxylic acids is 1. The Balaban J connectivity index is 3.20. The monoisotopic (exact) mass is 202 g/mol. The van der Waals surface area contributed by atoms with Crippen LogP contribution in [0.4, 0.5) is 5.69 Å². The maximum absolute atomic E-state index is 10.9. The molecule has 0 aliphatic rings. The van der Waals surface area contributed by atoms with Crippen LogP contribution in [-0.4, -0.2) is 30.4 Å². The number of hydrogen-bond donors (Lipinski definition) is 2. The Labute approximate surface area is 88.0 Å². The Morgan fingerprint density at radius 1 is 1.47 bits per heavy atom. The van der Waals surface area contributed by atoms with Gasteiger partial charge in [-0.15, -0.1) is 0 Å². The molecule has 2 N–H and O–H groups in total. The molecule has 4 nitrogen and oxygen atoms in total. The fourth-order valence-corrected chi connectivity index (χ4v) is 1.14. The van der Waals surface area contributed by atoms with Crippen LogP contribution in [0, 0.1) is 0 Å². The molecule has 0 spiro atoms. The third-order valence-corrected chi connectivity index (χ3v) is 1.78. The fraction of sp³-hybridized carbons (Fsp3) is 0.100. The molecule has 1 aromatic rings. The van der Waals surface area contributed by atoms with Gasteiger partial charge in [0.15, 0.2) is 0 Å². The number of carbonyl (C=O) groups is 2. The zero-order valence-corrected chi connectivity index (χ0v) is 8.15. The zero-order valence-electron chi connectivity index (χ0n) is 8.15. The van der Waals surface area contributed by atoms with E-state index in [2.05, 4.69) is 5.32 Å². The van der Waals surface area contributed by atoms with Crippen LogP contribution in [0.3, 0.4) is 0 Å². The zero-order chi connectivity index (χ0) is 11.4. The summed E-state index contributed by atoms with van der Waals surface area (Å²) in [5.74, 6) is -0.131. The first-order chi connectivity index (χ1) is 7.04. The van der Waals surface area contributed by atoms with Crippen LogP contribution in [0.1, 0.15) is 22.8 Å². The SMILES string of the molecule is [B]=Cc1ccc(NC(C)=O)c(C(=O)O)c1. The average Bonchev–Trinajstić information content (AvgIpc) is 2.17. The fourth-order valence-electron chi connectivity index (χ4n) is 1.14. The number of amides is 1. The van der Waals surface area contributed by atoms with Gasteiger partial charge in [0.2, 0.25) is 0 Å². The van der Waals surface area contributed by atoms with Crippen molar-refractivity contribution in [1.82, 2.24) is 0 Å². The quantitative estimate of drug-likeness (QED) is 0.707. The van der Waals surface area contributed by atoms with Crippen LogP contribution in [-0.2, 0) is 4.79 Å². The standard InChI is InChI=1S/C10H9BNO3/c1-6(13)12-9-3-2-7(5-11)4-8(9)10(14)15/h2-5H,1H3,(H,12,13)(H,14,15). The van der Waals surface area contributed by atoms with E-state index in [4.69, 9.17) is 12.6 Å². The molecule has 0 heterocycles. The molecule has 0 aromatic heterocycles. The molecule has 0 saturated heterocycles. The summed E-state index contributed by atoms with van der Waals surface area (Å²) < 4.78 is 0. The predicted molar refractivity (Wildman–Crippen MR) is 58.6 cm³/mol. The van der Waals surface area contributed by atoms with Crippen LogP contribution in [0.5, 0.6) is 0 Å². The van der Waals surface area contributed by atoms with Crippen molar-refractivity contribution in [3.63, 3.8) is 0 Å². The molecular formula is C10H9BNO3. The van der Waals surface area contributed by atoms with E-state index in [9.17, 15) is 9.59 Å². The summed E-state index contributed by atoms with van der Waals surface area (Å²) in [4.78, 5) is 21.7. The summed E-state index contributed by atoms with van der Waals surface area (Å²) >= 11 is 0. The second-order valence-electron chi connectivity index (χ2n) is 2.96. The van der Waals surface area contributed by atoms with Crippen LogP contribution in [0.15, 0.2) is 18.2 Å². The number of aromatic carboxylic acids is 1. The number of carboxylic acid groups (broad SMARTS) is 1. The Morgan fingerprint density at radius 2 is 2.13 bits per heavy atom. The third-order valence-electron chi connectivity index (χ3n) is 1.78. The van der Waals surface area contributed by atoms with Gasteiger partial charge < -0.3 is 0 Å². The van der Waals surface area contributed by atoms with Gasteiger partial charge in [-0.25, -0.2) is 0 Å². The predicted octanol–water partition coefficient (Wildman–Crippen LogP) is 0.662. The molecule has 5 heteroatoms. The number of rotatable bonds is 3. The number of benzene rings is 1. The van der Waals surface area contributed by atoms with E-state index in [0.29, 0.717) is 5.56 Å². The molecular weight excluding hydrogens is 193 g/mol. The molecule has 0 bridgehead atoms. The van der Waals surface area contributed by atoms with Gasteiger partial charge in [-0.1, -0.05) is 0 Å². The second kappa shape index (κ2) is 4.55. The topological polar surface area (TPSA) is 66.4 Å². The molecule has 1 aromatic carbocycles. The third kappa shape index (κ3) is 2.77. The van der Waals surface area contributed by atoms with E-state index in [1.165, 1.54) is 25.0 Å². The van der Waals surface area contributed by atoms with Gasteiger partial charge in [-0.3, -0.25) is 0 Å². The molecule has 0 saturated carbocycles. The Bertz CT molecular complexity index is 429. The van der Waals surface area contributed by atoms with Crippen LogP contribution in [0.2, 0.25) is 0 Å². The molecule has 0 aliphatic heterocycles. The van der Waals surface area contributed by atoms with E-state index in [1.807, 2.05) is 0 Å². The van der Waals surface area contributed by atoms with E-state index in [-0.39, 0.29) is 17.2 Å². The van der Waals surface area contributed by atoms with E-state index >= 15 is 0 Å². The van der Waals surface area contributed by atoms with Gasteiger partial charge in [0.1, 0.15) is 0 Å². The molecule has 0 aliphatic carbocycles. The van der Waals surface area contributed by atoms with Gasteiger partial charge >= 0.3 is 87.3 Å². The number of anilines is 1. The first-order valence-corrected chi connectivity index (χ1v) is 4.24. The minimum absolute atomic E-state index is 0.0180. The second-order valence-corrected chi connectivity index (χ2v) is 2.96. The Morgan fingerprint density at radius 3 is 2.60 bits per heavy atom. The van der Waals surface area contributed by atoms with Crippen molar-refractivity contribution in [2.24, 2.45) is 0 Å². The molecule has 1 rings (SSSR count). The van der Waals surface area contributed by atoms with Gasteiger partial charge in [0.05, 0.1) is 0 Å².